The van der Waals surface area contributed by atoms with E-state index in [0.717, 1.165) is 12.1 Å². The van der Waals surface area contributed by atoms with E-state index in [1.807, 2.05) is 0 Å². The highest BCUT2D eigenvalue weighted by molar-refractivity contribution is 5.64. The zero-order valence-electron chi connectivity index (χ0n) is 16.4. The van der Waals surface area contributed by atoms with Gasteiger partial charge in [0.05, 0.1) is 32.5 Å². The summed E-state index contributed by atoms with van der Waals surface area (Å²) in [6, 6.07) is 6.81. The van der Waals surface area contributed by atoms with E-state index in [1.165, 1.54) is 34.5 Å². The minimum atomic E-state index is -4.48. The molecule has 3 rings (SSSR count). The van der Waals surface area contributed by atoms with Crippen molar-refractivity contribution in [3.05, 3.63) is 58.3 Å². The average molecular weight is 410 g/mol. The molecule has 5 nitrogen and oxygen atoms in total. The van der Waals surface area contributed by atoms with Crippen LogP contribution in [0.4, 0.5) is 13.2 Å². The third-order valence-electron chi connectivity index (χ3n) is 4.58. The number of methoxy groups -OCH3 is 4. The van der Waals surface area contributed by atoms with Gasteiger partial charge in [0, 0.05) is 24.8 Å². The molecule has 0 saturated heterocycles. The maximum atomic E-state index is 13.3. The van der Waals surface area contributed by atoms with Gasteiger partial charge in [0.1, 0.15) is 29.6 Å². The highest BCUT2D eigenvalue weighted by Gasteiger charge is 2.35. The summed E-state index contributed by atoms with van der Waals surface area (Å²) in [6.07, 6.45) is -3.71. The van der Waals surface area contributed by atoms with Gasteiger partial charge in [0.15, 0.2) is 6.10 Å². The molecule has 0 radical (unpaired) electrons. The van der Waals surface area contributed by atoms with Gasteiger partial charge in [-0.3, -0.25) is 0 Å². The van der Waals surface area contributed by atoms with Crippen LogP contribution in [0.15, 0.2) is 36.1 Å². The largest absolute Gasteiger partial charge is 0.496 e. The minimum absolute atomic E-state index is 0.164. The van der Waals surface area contributed by atoms with Crippen LogP contribution in [-0.2, 0) is 15.7 Å². The second kappa shape index (κ2) is 8.24. The fraction of sp³-hybridized carbons (Fsp3) is 0.333. The molecule has 0 saturated carbocycles. The fourth-order valence-corrected chi connectivity index (χ4v) is 3.26. The Bertz CT molecular complexity index is 896. The van der Waals surface area contributed by atoms with Crippen LogP contribution < -0.4 is 14.2 Å². The Hall–Kier alpha value is -2.87. The first-order chi connectivity index (χ1) is 13.8. The molecule has 0 bridgehead atoms. The first-order valence-electron chi connectivity index (χ1n) is 8.69. The molecule has 0 fully saturated rings. The molecule has 1 unspecified atom stereocenters. The van der Waals surface area contributed by atoms with E-state index in [0.29, 0.717) is 39.7 Å². The molecular formula is C21H21F3O5. The molecule has 0 N–H and O–H groups in total. The van der Waals surface area contributed by atoms with E-state index < -0.39 is 17.8 Å². The van der Waals surface area contributed by atoms with Gasteiger partial charge < -0.3 is 23.7 Å². The average Bonchev–Trinajstić information content (AvgIpc) is 2.71. The third-order valence-corrected chi connectivity index (χ3v) is 4.58. The van der Waals surface area contributed by atoms with Crippen molar-refractivity contribution in [3.63, 3.8) is 0 Å². The zero-order valence-corrected chi connectivity index (χ0v) is 16.4. The Labute approximate surface area is 166 Å². The lowest BCUT2D eigenvalue weighted by atomic mass is 9.91. The summed E-state index contributed by atoms with van der Waals surface area (Å²) in [5, 5.41) is 0. The van der Waals surface area contributed by atoms with Crippen molar-refractivity contribution in [1.29, 1.82) is 0 Å². The number of hydrogen-bond acceptors (Lipinski definition) is 5. The number of ether oxygens (including phenoxy) is 5. The van der Waals surface area contributed by atoms with Crippen LogP contribution in [0.1, 0.15) is 28.4 Å². The van der Waals surface area contributed by atoms with Gasteiger partial charge in [0.25, 0.3) is 0 Å². The van der Waals surface area contributed by atoms with Crippen molar-refractivity contribution < 1.29 is 36.9 Å². The number of fused-ring (bicyclic) bond motifs is 1. The fourth-order valence-electron chi connectivity index (χ4n) is 3.26. The quantitative estimate of drug-likeness (QED) is 0.682. The highest BCUT2D eigenvalue weighted by atomic mass is 19.4. The van der Waals surface area contributed by atoms with Gasteiger partial charge in [-0.25, -0.2) is 0 Å². The van der Waals surface area contributed by atoms with Crippen molar-refractivity contribution in [2.75, 3.05) is 35.0 Å². The Kier molecular flexibility index (Phi) is 5.93. The standard InChI is InChI=1S/C21H21F3O5/c1-25-11-15-7-12-5-6-13(21(22,23)24)8-16(12)20(29-15)19-17(27-3)9-14(26-2)10-18(19)28-4/h5-10,20H,11H2,1-4H3. The summed E-state index contributed by atoms with van der Waals surface area (Å²) in [6.45, 7) is 0.164. The molecule has 29 heavy (non-hydrogen) atoms. The zero-order chi connectivity index (χ0) is 21.2. The molecule has 156 valence electrons. The van der Waals surface area contributed by atoms with E-state index in [-0.39, 0.29) is 6.61 Å². The van der Waals surface area contributed by atoms with Crippen molar-refractivity contribution in [1.82, 2.24) is 0 Å². The highest BCUT2D eigenvalue weighted by Crippen LogP contribution is 2.47. The molecule has 0 amide bonds. The summed E-state index contributed by atoms with van der Waals surface area (Å²) in [5.74, 6) is 1.70. The van der Waals surface area contributed by atoms with Crippen molar-refractivity contribution in [2.45, 2.75) is 12.3 Å². The lowest BCUT2D eigenvalue weighted by molar-refractivity contribution is -0.137. The van der Waals surface area contributed by atoms with E-state index in [4.69, 9.17) is 23.7 Å². The summed E-state index contributed by atoms with van der Waals surface area (Å²) < 4.78 is 67.4. The maximum absolute atomic E-state index is 13.3. The Balaban J connectivity index is 2.24. The van der Waals surface area contributed by atoms with E-state index in [9.17, 15) is 13.2 Å². The topological polar surface area (TPSA) is 46.2 Å². The van der Waals surface area contributed by atoms with Crippen LogP contribution in [0.3, 0.4) is 0 Å². The van der Waals surface area contributed by atoms with Crippen LogP contribution in [0.5, 0.6) is 17.2 Å². The molecule has 1 atom stereocenters. The Morgan fingerprint density at radius 2 is 1.59 bits per heavy atom. The predicted octanol–water partition coefficient (Wildman–Crippen LogP) is 4.84. The van der Waals surface area contributed by atoms with Crippen molar-refractivity contribution in [2.24, 2.45) is 0 Å². The summed E-state index contributed by atoms with van der Waals surface area (Å²) in [7, 11) is 5.92. The SMILES string of the molecule is COCC1=Cc2ccc(C(F)(F)F)cc2C(c2c(OC)cc(OC)cc2OC)O1. The van der Waals surface area contributed by atoms with Gasteiger partial charge in [-0.15, -0.1) is 0 Å². The van der Waals surface area contributed by atoms with Crippen molar-refractivity contribution in [3.8, 4) is 17.2 Å². The first-order valence-corrected chi connectivity index (χ1v) is 8.69. The van der Waals surface area contributed by atoms with Crippen LogP contribution in [0.25, 0.3) is 6.08 Å². The monoisotopic (exact) mass is 410 g/mol. The van der Waals surface area contributed by atoms with Crippen LogP contribution in [0.2, 0.25) is 0 Å². The lowest BCUT2D eigenvalue weighted by Crippen LogP contribution is -2.17. The molecule has 8 heteroatoms. The second-order valence-corrected chi connectivity index (χ2v) is 6.33. The molecule has 2 aromatic rings. The minimum Gasteiger partial charge on any atom is -0.496 e. The van der Waals surface area contributed by atoms with Crippen LogP contribution in [0, 0.1) is 0 Å². The molecule has 1 aliphatic heterocycles. The second-order valence-electron chi connectivity index (χ2n) is 6.33. The number of hydrogen-bond donors (Lipinski definition) is 0. The van der Waals surface area contributed by atoms with E-state index in [1.54, 1.807) is 18.2 Å². The lowest BCUT2D eigenvalue weighted by Gasteiger charge is -2.30. The van der Waals surface area contributed by atoms with E-state index in [2.05, 4.69) is 0 Å². The first kappa shape index (κ1) is 20.9. The third kappa shape index (κ3) is 4.12. The number of rotatable bonds is 6. The van der Waals surface area contributed by atoms with Gasteiger partial charge >= 0.3 is 6.18 Å². The van der Waals surface area contributed by atoms with Crippen LogP contribution in [-0.4, -0.2) is 35.0 Å². The normalized spacial score (nSPS) is 15.8. The smallest absolute Gasteiger partial charge is 0.416 e. The molecule has 1 heterocycles. The number of benzene rings is 2. The van der Waals surface area contributed by atoms with Crippen molar-refractivity contribution >= 4 is 6.08 Å². The predicted molar refractivity (Wildman–Crippen MR) is 100 cm³/mol. The molecule has 1 aliphatic rings. The molecular weight excluding hydrogens is 389 g/mol. The van der Waals surface area contributed by atoms with Gasteiger partial charge in [-0.2, -0.15) is 13.2 Å². The van der Waals surface area contributed by atoms with Gasteiger partial charge in [-0.1, -0.05) is 6.07 Å². The summed E-state index contributed by atoms with van der Waals surface area (Å²) in [5.41, 5.74) is 0.639. The van der Waals surface area contributed by atoms with E-state index >= 15 is 0 Å². The summed E-state index contributed by atoms with van der Waals surface area (Å²) in [4.78, 5) is 0. The van der Waals surface area contributed by atoms with Gasteiger partial charge in [-0.05, 0) is 23.8 Å². The maximum Gasteiger partial charge on any atom is 0.416 e. The van der Waals surface area contributed by atoms with Gasteiger partial charge in [0.2, 0.25) is 0 Å². The van der Waals surface area contributed by atoms with Crippen LogP contribution >= 0.6 is 0 Å². The number of alkyl halides is 3. The Morgan fingerprint density at radius 3 is 2.10 bits per heavy atom. The number of halogens is 3. The Morgan fingerprint density at radius 1 is 0.931 bits per heavy atom. The molecule has 2 aromatic carbocycles. The molecule has 0 aromatic heterocycles. The molecule has 0 spiro atoms. The molecule has 0 aliphatic carbocycles. The summed E-state index contributed by atoms with van der Waals surface area (Å²) >= 11 is 0.